The van der Waals surface area contributed by atoms with Gasteiger partial charge in [-0.05, 0) is 54.5 Å². The first-order valence-electron chi connectivity index (χ1n) is 7.26. The summed E-state index contributed by atoms with van der Waals surface area (Å²) in [6, 6.07) is 1.06. The Morgan fingerprint density at radius 3 is 2.16 bits per heavy atom. The van der Waals surface area contributed by atoms with Crippen LogP contribution >= 0.6 is 0 Å². The van der Waals surface area contributed by atoms with Crippen LogP contribution in [0.25, 0.3) is 0 Å². The van der Waals surface area contributed by atoms with Crippen LogP contribution in [0, 0.1) is 0 Å². The zero-order valence-corrected chi connectivity index (χ0v) is 13.9. The van der Waals surface area contributed by atoms with Crippen LogP contribution in [0.4, 0.5) is 0 Å². The maximum Gasteiger partial charge on any atom is 0.325 e. The van der Waals surface area contributed by atoms with Crippen LogP contribution in [-0.4, -0.2) is 48.7 Å². The van der Waals surface area contributed by atoms with Gasteiger partial charge in [0.25, 0.3) is 0 Å². The standard InChI is InChI=1S/C15H32N2O2/c1-9-12(4)17(7)13(5)10-15(6,14(18)19-8)16-11(2)3/h11-13,16H,9-10H2,1-8H3. The van der Waals surface area contributed by atoms with E-state index in [0.29, 0.717) is 12.1 Å². The van der Waals surface area contributed by atoms with Crippen molar-refractivity contribution in [3.8, 4) is 0 Å². The van der Waals surface area contributed by atoms with Crippen molar-refractivity contribution < 1.29 is 9.53 Å². The van der Waals surface area contributed by atoms with Crippen molar-refractivity contribution in [1.82, 2.24) is 10.2 Å². The Labute approximate surface area is 118 Å². The normalized spacial score (nSPS) is 18.2. The maximum atomic E-state index is 12.1. The Bertz CT molecular complexity index is 281. The molecule has 0 aliphatic carbocycles. The molecule has 0 rings (SSSR count). The molecule has 4 heteroatoms. The summed E-state index contributed by atoms with van der Waals surface area (Å²) in [6.45, 7) is 12.6. The molecular weight excluding hydrogens is 240 g/mol. The summed E-state index contributed by atoms with van der Waals surface area (Å²) in [5.74, 6) is -0.189. The van der Waals surface area contributed by atoms with Gasteiger partial charge in [0.05, 0.1) is 7.11 Å². The fourth-order valence-corrected chi connectivity index (χ4v) is 2.52. The van der Waals surface area contributed by atoms with Crippen molar-refractivity contribution >= 4 is 5.97 Å². The first-order chi connectivity index (χ1) is 8.67. The quantitative estimate of drug-likeness (QED) is 0.689. The van der Waals surface area contributed by atoms with Gasteiger partial charge in [-0.2, -0.15) is 0 Å². The zero-order chi connectivity index (χ0) is 15.2. The fourth-order valence-electron chi connectivity index (χ4n) is 2.52. The Morgan fingerprint density at radius 1 is 1.26 bits per heavy atom. The van der Waals surface area contributed by atoms with Crippen molar-refractivity contribution in [2.24, 2.45) is 0 Å². The third-order valence-corrected chi connectivity index (χ3v) is 3.93. The third kappa shape index (κ3) is 5.49. The largest absolute Gasteiger partial charge is 0.468 e. The second-order valence-electron chi connectivity index (χ2n) is 6.10. The van der Waals surface area contributed by atoms with E-state index in [2.05, 4.69) is 38.0 Å². The molecule has 114 valence electrons. The molecule has 0 aromatic rings. The van der Waals surface area contributed by atoms with Gasteiger partial charge in [0, 0.05) is 18.1 Å². The van der Waals surface area contributed by atoms with Crippen LogP contribution in [0.1, 0.15) is 54.4 Å². The van der Waals surface area contributed by atoms with Crippen molar-refractivity contribution in [2.75, 3.05) is 14.2 Å². The molecule has 1 N–H and O–H groups in total. The summed E-state index contributed by atoms with van der Waals surface area (Å²) >= 11 is 0. The molecule has 19 heavy (non-hydrogen) atoms. The summed E-state index contributed by atoms with van der Waals surface area (Å²) in [5, 5.41) is 3.35. The predicted octanol–water partition coefficient (Wildman–Crippen LogP) is 2.43. The average Bonchev–Trinajstić information content (AvgIpc) is 2.34. The van der Waals surface area contributed by atoms with Crippen molar-refractivity contribution in [2.45, 2.75) is 78.0 Å². The molecule has 4 nitrogen and oxygen atoms in total. The van der Waals surface area contributed by atoms with Crippen LogP contribution < -0.4 is 5.32 Å². The lowest BCUT2D eigenvalue weighted by atomic mass is 9.91. The van der Waals surface area contributed by atoms with Crippen molar-refractivity contribution in [3.63, 3.8) is 0 Å². The van der Waals surface area contributed by atoms with Crippen LogP contribution in [0.2, 0.25) is 0 Å². The number of rotatable bonds is 8. The molecule has 0 aliphatic heterocycles. The van der Waals surface area contributed by atoms with Gasteiger partial charge >= 0.3 is 5.97 Å². The second kappa shape index (κ2) is 7.85. The summed E-state index contributed by atoms with van der Waals surface area (Å²) in [7, 11) is 3.57. The highest BCUT2D eigenvalue weighted by atomic mass is 16.5. The van der Waals surface area contributed by atoms with Gasteiger partial charge in [-0.15, -0.1) is 0 Å². The minimum absolute atomic E-state index is 0.189. The molecule has 0 amide bonds. The average molecular weight is 272 g/mol. The maximum absolute atomic E-state index is 12.1. The molecule has 0 aromatic carbocycles. The number of esters is 1. The zero-order valence-electron chi connectivity index (χ0n) is 13.9. The number of methoxy groups -OCH3 is 1. The Kier molecular flexibility index (Phi) is 7.60. The molecule has 0 saturated carbocycles. The first kappa shape index (κ1) is 18.4. The van der Waals surface area contributed by atoms with Crippen LogP contribution in [0.15, 0.2) is 0 Å². The Balaban J connectivity index is 4.86. The monoisotopic (exact) mass is 272 g/mol. The third-order valence-electron chi connectivity index (χ3n) is 3.93. The number of nitrogens with one attached hydrogen (secondary N) is 1. The van der Waals surface area contributed by atoms with Gasteiger partial charge in [0.1, 0.15) is 5.54 Å². The molecule has 0 heterocycles. The number of hydrogen-bond donors (Lipinski definition) is 1. The molecule has 0 fully saturated rings. The summed E-state index contributed by atoms with van der Waals surface area (Å²) < 4.78 is 4.96. The molecule has 3 unspecified atom stereocenters. The molecular formula is C15H32N2O2. The minimum atomic E-state index is -0.635. The van der Waals surface area contributed by atoms with Gasteiger partial charge in [0.2, 0.25) is 0 Å². The first-order valence-corrected chi connectivity index (χ1v) is 7.26. The predicted molar refractivity (Wildman–Crippen MR) is 80.3 cm³/mol. The van der Waals surface area contributed by atoms with Gasteiger partial charge in [-0.25, -0.2) is 0 Å². The Hall–Kier alpha value is -0.610. The molecule has 0 radical (unpaired) electrons. The molecule has 0 bridgehead atoms. The van der Waals surface area contributed by atoms with E-state index < -0.39 is 5.54 Å². The van der Waals surface area contributed by atoms with E-state index >= 15 is 0 Å². The van der Waals surface area contributed by atoms with E-state index in [0.717, 1.165) is 12.8 Å². The van der Waals surface area contributed by atoms with E-state index in [-0.39, 0.29) is 12.0 Å². The van der Waals surface area contributed by atoms with E-state index in [1.807, 2.05) is 20.8 Å². The highest BCUT2D eigenvalue weighted by molar-refractivity contribution is 5.80. The lowest BCUT2D eigenvalue weighted by Gasteiger charge is -2.37. The SMILES string of the molecule is CCC(C)N(C)C(C)CC(C)(NC(C)C)C(=O)OC. The fraction of sp³-hybridized carbons (Fsp3) is 0.933. The number of ether oxygens (including phenoxy) is 1. The van der Waals surface area contributed by atoms with Crippen LogP contribution in [-0.2, 0) is 9.53 Å². The summed E-state index contributed by atoms with van der Waals surface area (Å²) in [6.07, 6.45) is 1.84. The molecule has 0 saturated heterocycles. The van der Waals surface area contributed by atoms with E-state index in [1.54, 1.807) is 0 Å². The van der Waals surface area contributed by atoms with Gasteiger partial charge in [0.15, 0.2) is 0 Å². The molecule has 0 aromatic heterocycles. The molecule has 3 atom stereocenters. The number of hydrogen-bond acceptors (Lipinski definition) is 4. The topological polar surface area (TPSA) is 41.6 Å². The lowest BCUT2D eigenvalue weighted by molar-refractivity contribution is -0.149. The van der Waals surface area contributed by atoms with Crippen molar-refractivity contribution in [3.05, 3.63) is 0 Å². The van der Waals surface area contributed by atoms with Crippen LogP contribution in [0.3, 0.4) is 0 Å². The molecule has 0 spiro atoms. The lowest BCUT2D eigenvalue weighted by Crippen LogP contribution is -2.56. The van der Waals surface area contributed by atoms with Crippen LogP contribution in [0.5, 0.6) is 0 Å². The second-order valence-corrected chi connectivity index (χ2v) is 6.10. The van der Waals surface area contributed by atoms with E-state index in [4.69, 9.17) is 4.74 Å². The van der Waals surface area contributed by atoms with Gasteiger partial charge < -0.3 is 9.64 Å². The number of carbonyl (C=O) groups is 1. The van der Waals surface area contributed by atoms with Gasteiger partial charge in [-0.3, -0.25) is 10.1 Å². The summed E-state index contributed by atoms with van der Waals surface area (Å²) in [4.78, 5) is 14.4. The smallest absolute Gasteiger partial charge is 0.325 e. The highest BCUT2D eigenvalue weighted by Crippen LogP contribution is 2.20. The van der Waals surface area contributed by atoms with E-state index in [1.165, 1.54) is 7.11 Å². The van der Waals surface area contributed by atoms with E-state index in [9.17, 15) is 4.79 Å². The number of carbonyl (C=O) groups excluding carboxylic acids is 1. The van der Waals surface area contributed by atoms with Gasteiger partial charge in [-0.1, -0.05) is 6.92 Å². The Morgan fingerprint density at radius 2 is 1.79 bits per heavy atom. The highest BCUT2D eigenvalue weighted by Gasteiger charge is 2.37. The minimum Gasteiger partial charge on any atom is -0.468 e. The summed E-state index contributed by atoms with van der Waals surface area (Å²) in [5.41, 5.74) is -0.635. The number of nitrogens with zero attached hydrogens (tertiary/aromatic N) is 1. The molecule has 0 aliphatic rings. The van der Waals surface area contributed by atoms with Crippen molar-refractivity contribution in [1.29, 1.82) is 0 Å².